The standard InChI is InChI=1S/C31H31BrN4O2/c1-30(2,3)21-10-11-22-23(14-21)27(31(17-34,18-35)29(36)24(22)15-33)20-12-25(32)28(26(13-20)37-4)38-16-19-8-6-5-7-9-19/h5-9,11-13,21,23,27H,10,14,16,36H2,1-4H3/t21-,23+,27+/m1/s1. The van der Waals surface area contributed by atoms with E-state index in [0.717, 1.165) is 29.5 Å². The van der Waals surface area contributed by atoms with E-state index in [1.807, 2.05) is 42.5 Å². The fraction of sp³-hybridized carbons (Fsp3) is 0.387. The molecule has 0 saturated heterocycles. The lowest BCUT2D eigenvalue weighted by molar-refractivity contribution is 0.170. The number of rotatable bonds is 5. The number of methoxy groups -OCH3 is 1. The first-order valence-electron chi connectivity index (χ1n) is 12.6. The number of nitrogens with zero attached hydrogens (tertiary/aromatic N) is 3. The van der Waals surface area contributed by atoms with Crippen molar-refractivity contribution >= 4 is 15.9 Å². The van der Waals surface area contributed by atoms with Crippen molar-refractivity contribution in [1.82, 2.24) is 0 Å². The van der Waals surface area contributed by atoms with E-state index in [1.165, 1.54) is 0 Å². The summed E-state index contributed by atoms with van der Waals surface area (Å²) in [6, 6.07) is 20.2. The van der Waals surface area contributed by atoms with Crippen LogP contribution in [0.4, 0.5) is 0 Å². The minimum absolute atomic E-state index is 0.0153. The summed E-state index contributed by atoms with van der Waals surface area (Å²) in [6.45, 7) is 6.95. The van der Waals surface area contributed by atoms with Crippen molar-refractivity contribution in [1.29, 1.82) is 15.8 Å². The Morgan fingerprint density at radius 3 is 2.37 bits per heavy atom. The molecule has 3 atom stereocenters. The molecule has 7 heteroatoms. The molecule has 6 nitrogen and oxygen atoms in total. The maximum absolute atomic E-state index is 10.5. The van der Waals surface area contributed by atoms with Gasteiger partial charge in [0.1, 0.15) is 12.7 Å². The van der Waals surface area contributed by atoms with Crippen LogP contribution in [0.15, 0.2) is 69.9 Å². The van der Waals surface area contributed by atoms with Crippen molar-refractivity contribution < 1.29 is 9.47 Å². The molecule has 4 rings (SSSR count). The first-order chi connectivity index (χ1) is 18.1. The molecule has 0 heterocycles. The molecule has 0 radical (unpaired) electrons. The molecule has 38 heavy (non-hydrogen) atoms. The zero-order valence-electron chi connectivity index (χ0n) is 22.1. The molecule has 2 aromatic carbocycles. The number of hydrogen-bond acceptors (Lipinski definition) is 6. The smallest absolute Gasteiger partial charge is 0.191 e. The normalized spacial score (nSPS) is 22.3. The number of ether oxygens (including phenoxy) is 2. The van der Waals surface area contributed by atoms with E-state index in [4.69, 9.17) is 15.2 Å². The maximum Gasteiger partial charge on any atom is 0.191 e. The predicted molar refractivity (Wildman–Crippen MR) is 148 cm³/mol. The summed E-state index contributed by atoms with van der Waals surface area (Å²) in [5.74, 6) is 0.495. The molecular weight excluding hydrogens is 540 g/mol. The Morgan fingerprint density at radius 2 is 1.79 bits per heavy atom. The Labute approximate surface area is 233 Å². The van der Waals surface area contributed by atoms with Crippen LogP contribution in [-0.2, 0) is 6.61 Å². The largest absolute Gasteiger partial charge is 0.493 e. The number of hydrogen-bond donors (Lipinski definition) is 1. The molecule has 0 aliphatic heterocycles. The van der Waals surface area contributed by atoms with Crippen molar-refractivity contribution in [2.45, 2.75) is 46.1 Å². The average Bonchev–Trinajstić information content (AvgIpc) is 2.91. The molecule has 0 aromatic heterocycles. The Balaban J connectivity index is 1.87. The lowest BCUT2D eigenvalue weighted by atomic mass is 9.54. The zero-order valence-corrected chi connectivity index (χ0v) is 23.7. The summed E-state index contributed by atoms with van der Waals surface area (Å²) < 4.78 is 12.5. The highest BCUT2D eigenvalue weighted by Crippen LogP contribution is 2.59. The molecule has 0 spiro atoms. The van der Waals surface area contributed by atoms with Crippen LogP contribution in [0.5, 0.6) is 11.5 Å². The van der Waals surface area contributed by atoms with E-state index in [0.29, 0.717) is 28.5 Å². The first kappa shape index (κ1) is 27.3. The number of benzene rings is 2. The highest BCUT2D eigenvalue weighted by atomic mass is 79.9. The highest BCUT2D eigenvalue weighted by molar-refractivity contribution is 9.10. The monoisotopic (exact) mass is 570 g/mol. The third-order valence-corrected chi connectivity index (χ3v) is 8.53. The number of nitriles is 3. The van der Waals surface area contributed by atoms with Gasteiger partial charge in [-0.05, 0) is 74.9 Å². The van der Waals surface area contributed by atoms with Gasteiger partial charge in [0, 0.05) is 5.92 Å². The van der Waals surface area contributed by atoms with Gasteiger partial charge in [-0.15, -0.1) is 0 Å². The quantitative estimate of drug-likeness (QED) is 0.417. The van der Waals surface area contributed by atoms with Gasteiger partial charge in [-0.3, -0.25) is 0 Å². The fourth-order valence-electron chi connectivity index (χ4n) is 5.76. The Kier molecular flexibility index (Phi) is 7.59. The van der Waals surface area contributed by atoms with Crippen LogP contribution in [-0.4, -0.2) is 7.11 Å². The van der Waals surface area contributed by atoms with E-state index >= 15 is 0 Å². The highest BCUT2D eigenvalue weighted by Gasteiger charge is 2.55. The van der Waals surface area contributed by atoms with E-state index in [9.17, 15) is 15.8 Å². The molecule has 2 aromatic rings. The van der Waals surface area contributed by atoms with Gasteiger partial charge in [0.15, 0.2) is 16.9 Å². The number of fused-ring (bicyclic) bond motifs is 1. The molecule has 0 saturated carbocycles. The molecule has 2 aliphatic carbocycles. The second-order valence-corrected chi connectivity index (χ2v) is 11.9. The van der Waals surface area contributed by atoms with Crippen LogP contribution in [0.25, 0.3) is 0 Å². The van der Waals surface area contributed by atoms with Gasteiger partial charge in [-0.2, -0.15) is 15.8 Å². The third kappa shape index (κ3) is 4.66. The van der Waals surface area contributed by atoms with Crippen LogP contribution >= 0.6 is 15.9 Å². The predicted octanol–water partition coefficient (Wildman–Crippen LogP) is 6.90. The maximum atomic E-state index is 10.5. The van der Waals surface area contributed by atoms with Gasteiger partial charge < -0.3 is 15.2 Å². The van der Waals surface area contributed by atoms with Gasteiger partial charge in [0.25, 0.3) is 0 Å². The van der Waals surface area contributed by atoms with E-state index in [1.54, 1.807) is 7.11 Å². The second-order valence-electron chi connectivity index (χ2n) is 11.0. The molecule has 0 bridgehead atoms. The van der Waals surface area contributed by atoms with Crippen molar-refractivity contribution in [2.75, 3.05) is 7.11 Å². The second kappa shape index (κ2) is 10.6. The van der Waals surface area contributed by atoms with Gasteiger partial charge in [0.2, 0.25) is 0 Å². The summed E-state index contributed by atoms with van der Waals surface area (Å²) in [4.78, 5) is 0. The van der Waals surface area contributed by atoms with Crippen LogP contribution in [0.1, 0.15) is 50.7 Å². The van der Waals surface area contributed by atoms with Gasteiger partial charge in [-0.25, -0.2) is 0 Å². The number of nitrogens with two attached hydrogens (primary N) is 1. The SMILES string of the molecule is COc1cc([C@H]2[C@H]3C[C@H](C(C)(C)C)CC=C3C(C#N)=C(N)C2(C#N)C#N)cc(Br)c1OCc1ccccc1. The Hall–Kier alpha value is -3.73. The third-order valence-electron chi connectivity index (χ3n) is 7.94. The minimum atomic E-state index is -1.70. The Bertz CT molecular complexity index is 1400. The lowest BCUT2D eigenvalue weighted by Gasteiger charge is -2.47. The Morgan fingerprint density at radius 1 is 1.11 bits per heavy atom. The van der Waals surface area contributed by atoms with Crippen LogP contribution in [0.2, 0.25) is 0 Å². The number of allylic oxidation sites excluding steroid dienone is 4. The fourth-order valence-corrected chi connectivity index (χ4v) is 6.34. The topological polar surface area (TPSA) is 116 Å². The summed E-state index contributed by atoms with van der Waals surface area (Å²) in [5, 5.41) is 30.9. The molecular formula is C31H31BrN4O2. The van der Waals surface area contributed by atoms with E-state index in [-0.39, 0.29) is 22.6 Å². The van der Waals surface area contributed by atoms with Crippen LogP contribution < -0.4 is 15.2 Å². The molecule has 0 unspecified atom stereocenters. The lowest BCUT2D eigenvalue weighted by Crippen LogP contribution is -2.44. The first-order valence-corrected chi connectivity index (χ1v) is 13.4. The summed E-state index contributed by atoms with van der Waals surface area (Å²) in [5.41, 5.74) is 7.66. The van der Waals surface area contributed by atoms with Crippen LogP contribution in [0.3, 0.4) is 0 Å². The van der Waals surface area contributed by atoms with Crippen molar-refractivity contribution in [2.24, 2.45) is 28.4 Å². The van der Waals surface area contributed by atoms with Crippen LogP contribution in [0, 0.1) is 56.7 Å². The van der Waals surface area contributed by atoms with E-state index in [2.05, 4.69) is 61.0 Å². The summed E-state index contributed by atoms with van der Waals surface area (Å²) in [7, 11) is 1.56. The summed E-state index contributed by atoms with van der Waals surface area (Å²) >= 11 is 3.65. The molecule has 194 valence electrons. The minimum Gasteiger partial charge on any atom is -0.493 e. The van der Waals surface area contributed by atoms with Crippen molar-refractivity contribution in [3.63, 3.8) is 0 Å². The van der Waals surface area contributed by atoms with Crippen molar-refractivity contribution in [3.8, 4) is 29.7 Å². The zero-order chi connectivity index (χ0) is 27.7. The summed E-state index contributed by atoms with van der Waals surface area (Å²) in [6.07, 6.45) is 3.63. The molecule has 2 N–H and O–H groups in total. The van der Waals surface area contributed by atoms with Gasteiger partial charge >= 0.3 is 0 Å². The molecule has 2 aliphatic rings. The van der Waals surface area contributed by atoms with Crippen molar-refractivity contribution in [3.05, 3.63) is 81.0 Å². The average molecular weight is 572 g/mol. The number of halogens is 1. The molecule has 0 amide bonds. The molecule has 0 fully saturated rings. The van der Waals surface area contributed by atoms with E-state index < -0.39 is 11.3 Å². The van der Waals surface area contributed by atoms with Gasteiger partial charge in [-0.1, -0.05) is 57.2 Å². The van der Waals surface area contributed by atoms with Gasteiger partial charge in [0.05, 0.1) is 35.0 Å².